The fourth-order valence-corrected chi connectivity index (χ4v) is 1.34. The molecule has 6 heteroatoms. The van der Waals surface area contributed by atoms with E-state index in [0.29, 0.717) is 12.8 Å². The molecule has 0 aliphatic rings. The molecule has 0 aromatic heterocycles. The van der Waals surface area contributed by atoms with E-state index in [0.717, 1.165) is 0 Å². The molecule has 0 rings (SSSR count). The summed E-state index contributed by atoms with van der Waals surface area (Å²) < 4.78 is 0. The van der Waals surface area contributed by atoms with Crippen LogP contribution in [0.1, 0.15) is 33.1 Å². The molecule has 0 aromatic carbocycles. The zero-order valence-electron chi connectivity index (χ0n) is 10.7. The van der Waals surface area contributed by atoms with E-state index >= 15 is 0 Å². The summed E-state index contributed by atoms with van der Waals surface area (Å²) in [5.41, 5.74) is -1.48. The molecule has 0 saturated carbocycles. The molecule has 0 aliphatic carbocycles. The van der Waals surface area contributed by atoms with Gasteiger partial charge in [-0.05, 0) is 13.3 Å². The van der Waals surface area contributed by atoms with E-state index in [-0.39, 0.29) is 12.6 Å². The molecule has 102 valence electrons. The second-order valence-electron chi connectivity index (χ2n) is 4.41. The van der Waals surface area contributed by atoms with E-state index in [1.165, 1.54) is 6.92 Å². The Morgan fingerprint density at radius 1 is 1.50 bits per heavy atom. The van der Waals surface area contributed by atoms with Crippen LogP contribution < -0.4 is 10.6 Å². The molecule has 18 heavy (non-hydrogen) atoms. The van der Waals surface area contributed by atoms with Crippen LogP contribution in [0.25, 0.3) is 0 Å². The van der Waals surface area contributed by atoms with Gasteiger partial charge >= 0.3 is 12.0 Å². The summed E-state index contributed by atoms with van der Waals surface area (Å²) in [4.78, 5) is 21.9. The maximum atomic E-state index is 11.5. The minimum atomic E-state index is -1.48. The largest absolute Gasteiger partial charge is 0.481 e. The molecule has 0 aromatic rings. The van der Waals surface area contributed by atoms with Crippen molar-refractivity contribution < 1.29 is 19.8 Å². The number of carbonyl (C=O) groups excluding carboxylic acids is 1. The fourth-order valence-electron chi connectivity index (χ4n) is 1.34. The van der Waals surface area contributed by atoms with E-state index in [1.807, 2.05) is 6.92 Å². The van der Waals surface area contributed by atoms with Gasteiger partial charge in [0.15, 0.2) is 0 Å². The molecule has 6 nitrogen and oxygen atoms in total. The molecular formula is C12H20N2O4. The molecule has 2 amide bonds. The van der Waals surface area contributed by atoms with Gasteiger partial charge < -0.3 is 20.8 Å². The van der Waals surface area contributed by atoms with Crippen LogP contribution in [-0.2, 0) is 4.79 Å². The third kappa shape index (κ3) is 7.52. The highest BCUT2D eigenvalue weighted by Gasteiger charge is 2.25. The van der Waals surface area contributed by atoms with Crippen molar-refractivity contribution in [2.75, 3.05) is 6.54 Å². The highest BCUT2D eigenvalue weighted by Crippen LogP contribution is 2.07. The van der Waals surface area contributed by atoms with Gasteiger partial charge in [-0.1, -0.05) is 6.92 Å². The van der Waals surface area contributed by atoms with Crippen LogP contribution in [0.5, 0.6) is 0 Å². The summed E-state index contributed by atoms with van der Waals surface area (Å²) in [5.74, 6) is 1.33. The molecule has 4 N–H and O–H groups in total. The minimum Gasteiger partial charge on any atom is -0.481 e. The first-order chi connectivity index (χ1) is 8.30. The van der Waals surface area contributed by atoms with E-state index in [1.54, 1.807) is 0 Å². The Hall–Kier alpha value is -1.74. The zero-order valence-corrected chi connectivity index (χ0v) is 10.7. The molecule has 0 aliphatic heterocycles. The van der Waals surface area contributed by atoms with E-state index in [9.17, 15) is 14.7 Å². The van der Waals surface area contributed by atoms with Gasteiger partial charge in [-0.15, -0.1) is 12.3 Å². The van der Waals surface area contributed by atoms with Crippen LogP contribution in [0.3, 0.4) is 0 Å². The molecule has 0 spiro atoms. The van der Waals surface area contributed by atoms with Gasteiger partial charge in [-0.3, -0.25) is 4.79 Å². The summed E-state index contributed by atoms with van der Waals surface area (Å²) in [7, 11) is 0. The van der Waals surface area contributed by atoms with Crippen molar-refractivity contribution in [3.05, 3.63) is 0 Å². The van der Waals surface area contributed by atoms with Gasteiger partial charge in [0.2, 0.25) is 0 Å². The van der Waals surface area contributed by atoms with Crippen LogP contribution in [0.15, 0.2) is 0 Å². The minimum absolute atomic E-state index is 0.126. The van der Waals surface area contributed by atoms with Crippen molar-refractivity contribution in [1.29, 1.82) is 0 Å². The highest BCUT2D eigenvalue weighted by atomic mass is 16.4. The summed E-state index contributed by atoms with van der Waals surface area (Å²) >= 11 is 0. The average Bonchev–Trinajstić information content (AvgIpc) is 2.24. The van der Waals surface area contributed by atoms with Gasteiger partial charge in [-0.25, -0.2) is 4.79 Å². The number of rotatable bonds is 7. The maximum absolute atomic E-state index is 11.5. The summed E-state index contributed by atoms with van der Waals surface area (Å²) in [6.07, 6.45) is 5.84. The average molecular weight is 256 g/mol. The molecule has 2 unspecified atom stereocenters. The van der Waals surface area contributed by atoms with Crippen molar-refractivity contribution >= 4 is 12.0 Å². The fraction of sp³-hybridized carbons (Fsp3) is 0.667. The van der Waals surface area contributed by atoms with E-state index < -0.39 is 24.0 Å². The Bertz CT molecular complexity index is 333. The molecule has 2 atom stereocenters. The van der Waals surface area contributed by atoms with Gasteiger partial charge in [0, 0.05) is 19.0 Å². The Labute approximate surface area is 107 Å². The SMILES string of the molecule is C#CCC(CC)NC(=O)NCC(C)(O)CC(=O)O. The second-order valence-corrected chi connectivity index (χ2v) is 4.41. The van der Waals surface area contributed by atoms with Crippen LogP contribution in [0, 0.1) is 12.3 Å². The van der Waals surface area contributed by atoms with Crippen molar-refractivity contribution in [3.63, 3.8) is 0 Å². The number of terminal acetylenes is 1. The standard InChI is InChI=1S/C12H20N2O4/c1-4-6-9(5-2)14-11(17)13-8-12(3,18)7-10(15)16/h1,9,18H,5-8H2,2-3H3,(H,15,16)(H2,13,14,17). The van der Waals surface area contributed by atoms with Crippen LogP contribution in [0.4, 0.5) is 4.79 Å². The predicted octanol–water partition coefficient (Wildman–Crippen LogP) is 0.313. The number of amides is 2. The lowest BCUT2D eigenvalue weighted by Crippen LogP contribution is -2.48. The smallest absolute Gasteiger partial charge is 0.315 e. The molecule has 0 radical (unpaired) electrons. The third-order valence-electron chi connectivity index (χ3n) is 2.35. The Morgan fingerprint density at radius 3 is 2.56 bits per heavy atom. The molecular weight excluding hydrogens is 236 g/mol. The van der Waals surface area contributed by atoms with E-state index in [2.05, 4.69) is 16.6 Å². The predicted molar refractivity (Wildman–Crippen MR) is 66.9 cm³/mol. The van der Waals surface area contributed by atoms with Crippen molar-refractivity contribution in [1.82, 2.24) is 10.6 Å². The first kappa shape index (κ1) is 16.3. The summed E-state index contributed by atoms with van der Waals surface area (Å²) in [6, 6.07) is -0.595. The maximum Gasteiger partial charge on any atom is 0.315 e. The topological polar surface area (TPSA) is 98.7 Å². The number of carboxylic acids is 1. The number of aliphatic carboxylic acids is 1. The molecule has 0 bridgehead atoms. The zero-order chi connectivity index (χ0) is 14.2. The third-order valence-corrected chi connectivity index (χ3v) is 2.35. The van der Waals surface area contributed by atoms with Gasteiger partial charge in [0.25, 0.3) is 0 Å². The quantitative estimate of drug-likeness (QED) is 0.493. The van der Waals surface area contributed by atoms with Crippen molar-refractivity contribution in [3.8, 4) is 12.3 Å². The van der Waals surface area contributed by atoms with Crippen LogP contribution in [0.2, 0.25) is 0 Å². The number of hydrogen-bond donors (Lipinski definition) is 4. The normalized spacial score (nSPS) is 15.0. The lowest BCUT2D eigenvalue weighted by molar-refractivity contribution is -0.141. The number of urea groups is 1. The van der Waals surface area contributed by atoms with Crippen molar-refractivity contribution in [2.24, 2.45) is 0 Å². The summed E-state index contributed by atoms with van der Waals surface area (Å²) in [6.45, 7) is 3.10. The molecule has 0 saturated heterocycles. The Kier molecular flexibility index (Phi) is 6.83. The number of nitrogens with one attached hydrogen (secondary N) is 2. The lowest BCUT2D eigenvalue weighted by atomic mass is 10.0. The number of aliphatic hydroxyl groups is 1. The number of hydrogen-bond acceptors (Lipinski definition) is 3. The highest BCUT2D eigenvalue weighted by molar-refractivity contribution is 5.74. The van der Waals surface area contributed by atoms with E-state index in [4.69, 9.17) is 11.5 Å². The van der Waals surface area contributed by atoms with Gasteiger partial charge in [-0.2, -0.15) is 0 Å². The monoisotopic (exact) mass is 256 g/mol. The second kappa shape index (κ2) is 7.56. The molecule has 0 fully saturated rings. The first-order valence-electron chi connectivity index (χ1n) is 5.72. The lowest BCUT2D eigenvalue weighted by Gasteiger charge is -2.22. The Morgan fingerprint density at radius 2 is 2.11 bits per heavy atom. The first-order valence-corrected chi connectivity index (χ1v) is 5.72. The van der Waals surface area contributed by atoms with Gasteiger partial charge in [0.05, 0.1) is 12.0 Å². The number of carbonyl (C=O) groups is 2. The number of carboxylic acid groups (broad SMARTS) is 1. The van der Waals surface area contributed by atoms with Crippen molar-refractivity contribution in [2.45, 2.75) is 44.8 Å². The van der Waals surface area contributed by atoms with Gasteiger partial charge in [0.1, 0.15) is 0 Å². The van der Waals surface area contributed by atoms with Crippen LogP contribution >= 0.6 is 0 Å². The molecule has 0 heterocycles. The Balaban J connectivity index is 4.10. The van der Waals surface area contributed by atoms with Crippen LogP contribution in [-0.4, -0.2) is 40.4 Å². The summed E-state index contributed by atoms with van der Waals surface area (Å²) in [5, 5.41) is 23.3.